The number of hydrogen-bond donors (Lipinski definition) is 1. The lowest BCUT2D eigenvalue weighted by molar-refractivity contribution is -0.135. The highest BCUT2D eigenvalue weighted by Crippen LogP contribution is 2.26. The molecule has 0 fully saturated rings. The highest BCUT2D eigenvalue weighted by molar-refractivity contribution is 7.89. The number of sulfonamides is 1. The van der Waals surface area contributed by atoms with Crippen molar-refractivity contribution in [2.75, 3.05) is 13.1 Å². The molecule has 0 heterocycles. The van der Waals surface area contributed by atoms with Crippen LogP contribution in [0.4, 0.5) is 22.0 Å². The minimum absolute atomic E-state index is 0.0591. The standard InChI is InChI=1S/C11H13F5N2O2S/c1-2-18(6-11(14,15)16)21(19,20)9-4-3-8(12)7(5-17)10(9)13/h3-4H,2,5-6,17H2,1H3. The highest BCUT2D eigenvalue weighted by Gasteiger charge is 2.37. The summed E-state index contributed by atoms with van der Waals surface area (Å²) in [5.41, 5.74) is 4.41. The van der Waals surface area contributed by atoms with E-state index in [1.54, 1.807) is 0 Å². The highest BCUT2D eigenvalue weighted by atomic mass is 32.2. The second-order valence-corrected chi connectivity index (χ2v) is 5.99. The van der Waals surface area contributed by atoms with Crippen LogP contribution in [0.2, 0.25) is 0 Å². The third kappa shape index (κ3) is 3.89. The van der Waals surface area contributed by atoms with Gasteiger partial charge in [-0.15, -0.1) is 0 Å². The van der Waals surface area contributed by atoms with Crippen molar-refractivity contribution in [3.05, 3.63) is 29.3 Å². The van der Waals surface area contributed by atoms with Gasteiger partial charge in [0.25, 0.3) is 0 Å². The summed E-state index contributed by atoms with van der Waals surface area (Å²) in [6, 6.07) is 1.23. The van der Waals surface area contributed by atoms with Crippen LogP contribution >= 0.6 is 0 Å². The molecule has 1 rings (SSSR count). The average Bonchev–Trinajstić information content (AvgIpc) is 2.34. The summed E-state index contributed by atoms with van der Waals surface area (Å²) >= 11 is 0. The van der Waals surface area contributed by atoms with Gasteiger partial charge in [-0.05, 0) is 12.1 Å². The van der Waals surface area contributed by atoms with E-state index < -0.39 is 57.9 Å². The summed E-state index contributed by atoms with van der Waals surface area (Å²) in [4.78, 5) is -1.03. The summed E-state index contributed by atoms with van der Waals surface area (Å²) in [5.74, 6) is -2.54. The molecule has 0 radical (unpaired) electrons. The SMILES string of the molecule is CCN(CC(F)(F)F)S(=O)(=O)c1ccc(F)c(CN)c1F. The number of benzene rings is 1. The molecule has 0 aromatic heterocycles. The molecular formula is C11H13F5N2O2S. The van der Waals surface area contributed by atoms with Crippen molar-refractivity contribution in [2.45, 2.75) is 24.5 Å². The Morgan fingerprint density at radius 3 is 2.24 bits per heavy atom. The maximum absolute atomic E-state index is 14.0. The van der Waals surface area contributed by atoms with Gasteiger partial charge in [0.2, 0.25) is 10.0 Å². The molecule has 0 spiro atoms. The Bertz CT molecular complexity index is 616. The number of nitrogens with zero attached hydrogens (tertiary/aromatic N) is 1. The third-order valence-electron chi connectivity index (χ3n) is 2.68. The number of alkyl halides is 3. The summed E-state index contributed by atoms with van der Waals surface area (Å²) in [6.45, 7) is -1.72. The zero-order valence-corrected chi connectivity index (χ0v) is 11.7. The Morgan fingerprint density at radius 2 is 1.81 bits per heavy atom. The van der Waals surface area contributed by atoms with Crippen molar-refractivity contribution in [1.82, 2.24) is 4.31 Å². The summed E-state index contributed by atoms with van der Waals surface area (Å²) in [5, 5.41) is 0. The van der Waals surface area contributed by atoms with Crippen LogP contribution in [0.1, 0.15) is 12.5 Å². The zero-order chi connectivity index (χ0) is 16.4. The molecule has 2 N–H and O–H groups in total. The van der Waals surface area contributed by atoms with Crippen LogP contribution in [0.15, 0.2) is 17.0 Å². The molecule has 4 nitrogen and oxygen atoms in total. The molecule has 10 heteroatoms. The molecule has 0 aliphatic heterocycles. The molecule has 120 valence electrons. The van der Waals surface area contributed by atoms with Crippen LogP contribution in [-0.2, 0) is 16.6 Å². The lowest BCUT2D eigenvalue weighted by atomic mass is 10.2. The van der Waals surface area contributed by atoms with Crippen LogP contribution in [0.3, 0.4) is 0 Å². The predicted molar refractivity (Wildman–Crippen MR) is 64.7 cm³/mol. The van der Waals surface area contributed by atoms with Crippen molar-refractivity contribution in [1.29, 1.82) is 0 Å². The monoisotopic (exact) mass is 332 g/mol. The zero-order valence-electron chi connectivity index (χ0n) is 10.9. The van der Waals surface area contributed by atoms with Crippen molar-refractivity contribution in [3.8, 4) is 0 Å². The van der Waals surface area contributed by atoms with Gasteiger partial charge >= 0.3 is 6.18 Å². The van der Waals surface area contributed by atoms with E-state index in [-0.39, 0.29) is 4.31 Å². The van der Waals surface area contributed by atoms with Gasteiger partial charge in [-0.1, -0.05) is 6.92 Å². The first-order valence-electron chi connectivity index (χ1n) is 5.78. The summed E-state index contributed by atoms with van der Waals surface area (Å²) < 4.78 is 88.5. The van der Waals surface area contributed by atoms with Crippen molar-refractivity contribution in [2.24, 2.45) is 5.73 Å². The second-order valence-electron chi connectivity index (χ2n) is 4.09. The maximum atomic E-state index is 14.0. The maximum Gasteiger partial charge on any atom is 0.402 e. The second kappa shape index (κ2) is 6.24. The quantitative estimate of drug-likeness (QED) is 0.839. The van der Waals surface area contributed by atoms with Crippen LogP contribution in [-0.4, -0.2) is 32.0 Å². The van der Waals surface area contributed by atoms with E-state index in [2.05, 4.69) is 0 Å². The van der Waals surface area contributed by atoms with Crippen molar-refractivity contribution >= 4 is 10.0 Å². The van der Waals surface area contributed by atoms with E-state index in [1.165, 1.54) is 6.92 Å². The number of rotatable bonds is 5. The molecule has 0 amide bonds. The van der Waals surface area contributed by atoms with Gasteiger partial charge in [0, 0.05) is 18.7 Å². The third-order valence-corrected chi connectivity index (χ3v) is 4.62. The van der Waals surface area contributed by atoms with E-state index in [1.807, 2.05) is 0 Å². The van der Waals surface area contributed by atoms with Gasteiger partial charge in [-0.3, -0.25) is 0 Å². The first kappa shape index (κ1) is 17.8. The largest absolute Gasteiger partial charge is 0.402 e. The molecule has 1 aromatic rings. The molecule has 0 aliphatic rings. The van der Waals surface area contributed by atoms with E-state index in [9.17, 15) is 30.4 Å². The topological polar surface area (TPSA) is 63.4 Å². The molecule has 0 bridgehead atoms. The number of nitrogens with two attached hydrogens (primary N) is 1. The van der Waals surface area contributed by atoms with Gasteiger partial charge in [0.15, 0.2) is 5.82 Å². The smallest absolute Gasteiger partial charge is 0.326 e. The molecule has 1 aromatic carbocycles. The Hall–Kier alpha value is -1.26. The number of halogens is 5. The van der Waals surface area contributed by atoms with Crippen molar-refractivity contribution in [3.63, 3.8) is 0 Å². The van der Waals surface area contributed by atoms with Gasteiger partial charge in [-0.25, -0.2) is 17.2 Å². The van der Waals surface area contributed by atoms with Crippen LogP contribution < -0.4 is 5.73 Å². The Morgan fingerprint density at radius 1 is 1.24 bits per heavy atom. The normalized spacial score (nSPS) is 13.0. The fraction of sp³-hybridized carbons (Fsp3) is 0.455. The van der Waals surface area contributed by atoms with E-state index in [0.29, 0.717) is 12.1 Å². The predicted octanol–water partition coefficient (Wildman–Crippen LogP) is 2.00. The Kier molecular flexibility index (Phi) is 5.29. The summed E-state index contributed by atoms with van der Waals surface area (Å²) in [6.07, 6.45) is -4.78. The molecule has 0 unspecified atom stereocenters. The lowest BCUT2D eigenvalue weighted by Gasteiger charge is -2.22. The van der Waals surface area contributed by atoms with Crippen LogP contribution in [0.5, 0.6) is 0 Å². The Balaban J connectivity index is 3.36. The fourth-order valence-corrected chi connectivity index (χ4v) is 3.19. The first-order valence-corrected chi connectivity index (χ1v) is 7.22. The molecule has 0 atom stereocenters. The average molecular weight is 332 g/mol. The fourth-order valence-electron chi connectivity index (χ4n) is 1.67. The molecule has 0 saturated heterocycles. The van der Waals surface area contributed by atoms with Crippen LogP contribution in [0, 0.1) is 11.6 Å². The molecule has 21 heavy (non-hydrogen) atoms. The first-order chi connectivity index (χ1) is 9.54. The van der Waals surface area contributed by atoms with Gasteiger partial charge in [0.1, 0.15) is 17.3 Å². The van der Waals surface area contributed by atoms with Crippen LogP contribution in [0.25, 0.3) is 0 Å². The molecule has 0 aliphatic carbocycles. The van der Waals surface area contributed by atoms with Gasteiger partial charge < -0.3 is 5.73 Å². The van der Waals surface area contributed by atoms with E-state index >= 15 is 0 Å². The minimum atomic E-state index is -4.78. The Labute approximate surface area is 118 Å². The molecular weight excluding hydrogens is 319 g/mol. The van der Waals surface area contributed by atoms with Crippen molar-refractivity contribution < 1.29 is 30.4 Å². The summed E-state index contributed by atoms with van der Waals surface area (Å²) in [7, 11) is -4.75. The van der Waals surface area contributed by atoms with E-state index in [0.717, 1.165) is 0 Å². The number of hydrogen-bond acceptors (Lipinski definition) is 3. The van der Waals surface area contributed by atoms with E-state index in [4.69, 9.17) is 5.73 Å². The van der Waals surface area contributed by atoms with Gasteiger partial charge in [0.05, 0.1) is 0 Å². The minimum Gasteiger partial charge on any atom is -0.326 e. The lowest BCUT2D eigenvalue weighted by Crippen LogP contribution is -2.39. The van der Waals surface area contributed by atoms with Gasteiger partial charge in [-0.2, -0.15) is 17.5 Å². The molecule has 0 saturated carbocycles.